The number of carbonyl (C=O) groups is 2. The van der Waals surface area contributed by atoms with Crippen molar-refractivity contribution in [3.05, 3.63) is 96.3 Å². The molecule has 0 unspecified atom stereocenters. The molecule has 218 valence electrons. The number of pyridine rings is 1. The topological polar surface area (TPSA) is 122 Å². The number of nitrogens with one attached hydrogen (secondary N) is 1. The second kappa shape index (κ2) is 13.2. The summed E-state index contributed by atoms with van der Waals surface area (Å²) in [5.74, 6) is 0.620. The van der Waals surface area contributed by atoms with Crippen LogP contribution in [0.25, 0.3) is 21.9 Å². The molecule has 1 aliphatic carbocycles. The maximum absolute atomic E-state index is 13.7. The van der Waals surface area contributed by atoms with Crippen LogP contribution in [0.2, 0.25) is 0 Å². The summed E-state index contributed by atoms with van der Waals surface area (Å²) in [6, 6.07) is 23.9. The number of nitrogens with zero attached hydrogens (tertiary/aromatic N) is 4. The molecule has 43 heavy (non-hydrogen) atoms. The number of amidine groups is 1. The third-order valence-electron chi connectivity index (χ3n) is 8.73. The number of benzene rings is 3. The number of ketones is 1. The van der Waals surface area contributed by atoms with Gasteiger partial charge in [-0.2, -0.15) is 5.11 Å². The summed E-state index contributed by atoms with van der Waals surface area (Å²) in [6.07, 6.45) is 8.11. The Bertz CT molecular complexity index is 1650. The van der Waals surface area contributed by atoms with E-state index in [4.69, 9.17) is 5.73 Å². The van der Waals surface area contributed by atoms with Gasteiger partial charge in [-0.1, -0.05) is 48.5 Å². The van der Waals surface area contributed by atoms with Crippen LogP contribution in [0.4, 0.5) is 5.69 Å². The van der Waals surface area contributed by atoms with Gasteiger partial charge in [-0.25, -0.2) is 4.99 Å². The molecule has 0 radical (unpaired) electrons. The molecular weight excluding hydrogens is 536 g/mol. The maximum atomic E-state index is 13.7. The van der Waals surface area contributed by atoms with Crippen LogP contribution >= 0.6 is 0 Å². The van der Waals surface area contributed by atoms with Gasteiger partial charge in [0.05, 0.1) is 0 Å². The molecule has 0 bridgehead atoms. The first-order chi connectivity index (χ1) is 21.1. The molecule has 1 atom stereocenters. The molecule has 8 nitrogen and oxygen atoms in total. The number of nitrogens with two attached hydrogens (primary N) is 1. The average molecular weight is 573 g/mol. The second-order valence-electron chi connectivity index (χ2n) is 11.6. The number of carbonyl (C=O) groups excluding carboxylic acids is 2. The Morgan fingerprint density at radius 1 is 0.884 bits per heavy atom. The second-order valence-corrected chi connectivity index (χ2v) is 11.6. The molecule has 0 saturated heterocycles. The van der Waals surface area contributed by atoms with Crippen LogP contribution in [0.15, 0.2) is 100 Å². The van der Waals surface area contributed by atoms with Crippen molar-refractivity contribution in [3.8, 4) is 11.1 Å². The Morgan fingerprint density at radius 3 is 2.35 bits per heavy atom. The highest BCUT2D eigenvalue weighted by atomic mass is 16.2. The number of aliphatic imine (C=N–C) groups is 1. The zero-order chi connectivity index (χ0) is 29.6. The molecule has 2 aliphatic rings. The maximum Gasteiger partial charge on any atom is 0.228 e. The van der Waals surface area contributed by atoms with Crippen molar-refractivity contribution in [3.63, 3.8) is 0 Å². The molecule has 0 spiro atoms. The minimum atomic E-state index is -0.488. The summed E-state index contributed by atoms with van der Waals surface area (Å²) in [5, 5.41) is 13.2. The monoisotopic (exact) mass is 572 g/mol. The third kappa shape index (κ3) is 6.75. The summed E-state index contributed by atoms with van der Waals surface area (Å²) in [7, 11) is 0. The van der Waals surface area contributed by atoms with Crippen LogP contribution < -0.4 is 11.1 Å². The van der Waals surface area contributed by atoms with Gasteiger partial charge in [-0.05, 0) is 85.3 Å². The fourth-order valence-electron chi connectivity index (χ4n) is 6.16. The smallest absolute Gasteiger partial charge is 0.228 e. The first kappa shape index (κ1) is 28.6. The Balaban J connectivity index is 1.19. The predicted molar refractivity (Wildman–Crippen MR) is 170 cm³/mol. The van der Waals surface area contributed by atoms with Crippen molar-refractivity contribution in [2.75, 3.05) is 18.5 Å². The summed E-state index contributed by atoms with van der Waals surface area (Å²) in [5.41, 5.74) is 10.5. The number of amides is 1. The zero-order valence-electron chi connectivity index (χ0n) is 24.2. The van der Waals surface area contributed by atoms with E-state index >= 15 is 0 Å². The van der Waals surface area contributed by atoms with E-state index in [1.54, 1.807) is 0 Å². The lowest BCUT2D eigenvalue weighted by Gasteiger charge is -2.27. The summed E-state index contributed by atoms with van der Waals surface area (Å²) >= 11 is 0. The van der Waals surface area contributed by atoms with Crippen LogP contribution in [0, 0.1) is 17.8 Å². The predicted octanol–water partition coefficient (Wildman–Crippen LogP) is 6.59. The van der Waals surface area contributed by atoms with Gasteiger partial charge < -0.3 is 11.1 Å². The molecule has 8 heteroatoms. The third-order valence-corrected chi connectivity index (χ3v) is 8.73. The van der Waals surface area contributed by atoms with E-state index in [1.807, 2.05) is 48.8 Å². The summed E-state index contributed by atoms with van der Waals surface area (Å²) in [4.78, 5) is 35.8. The van der Waals surface area contributed by atoms with E-state index < -0.39 is 5.92 Å². The van der Waals surface area contributed by atoms with Crippen LogP contribution in [-0.4, -0.2) is 35.7 Å². The quantitative estimate of drug-likeness (QED) is 0.222. The Labute approximate surface area is 251 Å². The highest BCUT2D eigenvalue weighted by Crippen LogP contribution is 2.32. The van der Waals surface area contributed by atoms with E-state index in [1.165, 1.54) is 0 Å². The molecule has 6 rings (SSSR count). The standard InChI is InChI=1S/C35H36N6O2/c36-19-24-7-11-26(12-8-24)33(42)18-29(35(43)40-30-15-13-27(14-16-30)34-38-22-39-41-34)17-23-5-9-25(10-6-23)32-21-37-20-28-3-1-2-4-31(28)32/h1-6,9-10,13-16,20-21,24,26,29H,7-8,11-12,17-19,22,36H2,(H,40,43)/t24?,26?,29-/m1/s1. The van der Waals surface area contributed by atoms with Gasteiger partial charge >= 0.3 is 0 Å². The molecule has 1 fully saturated rings. The van der Waals surface area contributed by atoms with Gasteiger partial charge in [-0.3, -0.25) is 14.6 Å². The van der Waals surface area contributed by atoms with Crippen molar-refractivity contribution in [1.82, 2.24) is 4.98 Å². The van der Waals surface area contributed by atoms with Crippen LogP contribution in [0.3, 0.4) is 0 Å². The molecule has 3 N–H and O–H groups in total. The van der Waals surface area contributed by atoms with Gasteiger partial charge in [0.25, 0.3) is 0 Å². The molecule has 1 saturated carbocycles. The largest absolute Gasteiger partial charge is 0.330 e. The van der Waals surface area contributed by atoms with Crippen molar-refractivity contribution in [2.24, 2.45) is 38.7 Å². The molecule has 1 amide bonds. The first-order valence-electron chi connectivity index (χ1n) is 15.1. The first-order valence-corrected chi connectivity index (χ1v) is 15.1. The number of rotatable bonds is 10. The Morgan fingerprint density at radius 2 is 1.63 bits per heavy atom. The number of aromatic nitrogens is 1. The van der Waals surface area contributed by atoms with Gasteiger partial charge in [0.1, 0.15) is 5.78 Å². The number of Topliss-reactive ketones (excluding diaryl/α,β-unsaturated/α-hetero) is 1. The minimum Gasteiger partial charge on any atom is -0.330 e. The molecule has 4 aromatic rings. The van der Waals surface area contributed by atoms with Gasteiger partial charge in [0.15, 0.2) is 12.5 Å². The fraction of sp³-hybridized carbons (Fsp3) is 0.314. The number of fused-ring (bicyclic) bond motifs is 1. The number of azo groups is 1. The number of hydrogen-bond donors (Lipinski definition) is 2. The normalized spacial score (nSPS) is 18.8. The fourth-order valence-corrected chi connectivity index (χ4v) is 6.16. The lowest BCUT2D eigenvalue weighted by atomic mass is 9.77. The average Bonchev–Trinajstić information content (AvgIpc) is 3.60. The van der Waals surface area contributed by atoms with Crippen LogP contribution in [0.5, 0.6) is 0 Å². The SMILES string of the molecule is NCC1CCC(C(=O)C[C@@H](Cc2ccc(-c3cncc4ccccc34)cc2)C(=O)Nc2ccc(C3=NCN=N3)cc2)CC1. The number of hydrogen-bond acceptors (Lipinski definition) is 7. The van der Waals surface area contributed by atoms with E-state index in [0.29, 0.717) is 37.1 Å². The molecule has 2 heterocycles. The zero-order valence-corrected chi connectivity index (χ0v) is 24.2. The molecule has 1 aromatic heterocycles. The highest BCUT2D eigenvalue weighted by molar-refractivity contribution is 6.01. The van der Waals surface area contributed by atoms with Crippen molar-refractivity contribution in [1.29, 1.82) is 0 Å². The lowest BCUT2D eigenvalue weighted by Crippen LogP contribution is -2.31. The van der Waals surface area contributed by atoms with Crippen molar-refractivity contribution in [2.45, 2.75) is 38.5 Å². The van der Waals surface area contributed by atoms with Crippen LogP contribution in [-0.2, 0) is 16.0 Å². The van der Waals surface area contributed by atoms with Crippen molar-refractivity contribution >= 4 is 34.0 Å². The molecular formula is C35H36N6O2. The van der Waals surface area contributed by atoms with E-state index in [9.17, 15) is 9.59 Å². The van der Waals surface area contributed by atoms with Gasteiger partial charge in [0, 0.05) is 52.9 Å². The summed E-state index contributed by atoms with van der Waals surface area (Å²) in [6.45, 7) is 1.02. The molecule has 1 aliphatic heterocycles. The lowest BCUT2D eigenvalue weighted by molar-refractivity contribution is -0.129. The minimum absolute atomic E-state index is 0.0000262. The van der Waals surface area contributed by atoms with E-state index in [0.717, 1.165) is 58.7 Å². The van der Waals surface area contributed by atoms with E-state index in [-0.39, 0.29) is 24.0 Å². The molecule has 3 aromatic carbocycles. The Kier molecular flexibility index (Phi) is 8.75. The van der Waals surface area contributed by atoms with Crippen molar-refractivity contribution < 1.29 is 9.59 Å². The van der Waals surface area contributed by atoms with Gasteiger partial charge in [-0.15, -0.1) is 5.11 Å². The van der Waals surface area contributed by atoms with E-state index in [2.05, 4.69) is 61.9 Å². The van der Waals surface area contributed by atoms with Crippen LogP contribution in [0.1, 0.15) is 43.2 Å². The summed E-state index contributed by atoms with van der Waals surface area (Å²) < 4.78 is 0. The van der Waals surface area contributed by atoms with Gasteiger partial charge in [0.2, 0.25) is 5.91 Å². The Hall–Kier alpha value is -4.56. The highest BCUT2D eigenvalue weighted by Gasteiger charge is 2.30. The number of anilines is 1.